The van der Waals surface area contributed by atoms with Crippen LogP contribution in [0.3, 0.4) is 0 Å². The van der Waals surface area contributed by atoms with E-state index in [0.29, 0.717) is 11.5 Å². The predicted octanol–water partition coefficient (Wildman–Crippen LogP) is 0.291. The lowest BCUT2D eigenvalue weighted by molar-refractivity contribution is 0.403. The topological polar surface area (TPSA) is 76.9 Å². The van der Waals surface area contributed by atoms with Crippen molar-refractivity contribution in [3.05, 3.63) is 11.9 Å². The first-order valence-electron chi connectivity index (χ1n) is 6.30. The summed E-state index contributed by atoms with van der Waals surface area (Å²) in [5, 5.41) is 11.2. The minimum absolute atomic E-state index is 0.133. The van der Waals surface area contributed by atoms with Gasteiger partial charge in [0, 0.05) is 7.05 Å². The summed E-state index contributed by atoms with van der Waals surface area (Å²) >= 11 is 0. The van der Waals surface area contributed by atoms with Crippen molar-refractivity contribution in [2.24, 2.45) is 13.0 Å². The summed E-state index contributed by atoms with van der Waals surface area (Å²) in [5.41, 5.74) is 1.01. The van der Waals surface area contributed by atoms with Gasteiger partial charge < -0.3 is 5.32 Å². The molecule has 1 saturated heterocycles. The normalized spacial score (nSPS) is 24.2. The molecule has 2 rings (SSSR count). The van der Waals surface area contributed by atoms with Crippen LogP contribution in [0.1, 0.15) is 31.5 Å². The number of nitrogens with one attached hydrogen (secondary N) is 1. The Morgan fingerprint density at radius 3 is 2.89 bits per heavy atom. The van der Waals surface area contributed by atoms with E-state index in [1.807, 2.05) is 14.0 Å². The van der Waals surface area contributed by atoms with Crippen LogP contribution in [-0.2, 0) is 16.9 Å². The highest BCUT2D eigenvalue weighted by molar-refractivity contribution is 7.91. The molecule has 2 unspecified atom stereocenters. The van der Waals surface area contributed by atoms with Gasteiger partial charge in [-0.15, -0.1) is 5.10 Å². The van der Waals surface area contributed by atoms with E-state index < -0.39 is 9.84 Å². The Kier molecular flexibility index (Phi) is 4.01. The summed E-state index contributed by atoms with van der Waals surface area (Å²) in [4.78, 5) is 0. The lowest BCUT2D eigenvalue weighted by Crippen LogP contribution is -2.26. The zero-order chi connectivity index (χ0) is 13.2. The second-order valence-electron chi connectivity index (χ2n) is 4.90. The molecule has 2 heterocycles. The first-order valence-corrected chi connectivity index (χ1v) is 8.12. The van der Waals surface area contributed by atoms with Crippen molar-refractivity contribution < 1.29 is 8.42 Å². The van der Waals surface area contributed by atoms with Gasteiger partial charge >= 0.3 is 0 Å². The molecule has 0 aromatic carbocycles. The van der Waals surface area contributed by atoms with Crippen LogP contribution in [-0.4, -0.2) is 41.5 Å². The van der Waals surface area contributed by atoms with Gasteiger partial charge in [-0.05, 0) is 25.3 Å². The molecule has 0 spiro atoms. The third-order valence-electron chi connectivity index (χ3n) is 3.45. The maximum Gasteiger partial charge on any atom is 0.150 e. The number of sulfone groups is 1. The van der Waals surface area contributed by atoms with Gasteiger partial charge in [-0.2, -0.15) is 0 Å². The molecule has 0 saturated carbocycles. The van der Waals surface area contributed by atoms with Crippen LogP contribution in [0, 0.1) is 5.92 Å². The van der Waals surface area contributed by atoms with E-state index in [1.165, 1.54) is 0 Å². The fourth-order valence-electron chi connectivity index (χ4n) is 2.56. The van der Waals surface area contributed by atoms with Crippen LogP contribution in [0.4, 0.5) is 0 Å². The Balaban J connectivity index is 2.06. The summed E-state index contributed by atoms with van der Waals surface area (Å²) in [5.74, 6) is 0.897. The molecular weight excluding hydrogens is 252 g/mol. The first kappa shape index (κ1) is 13.5. The van der Waals surface area contributed by atoms with Crippen LogP contribution in [0.2, 0.25) is 0 Å². The third-order valence-corrected chi connectivity index (χ3v) is 5.29. The van der Waals surface area contributed by atoms with Crippen LogP contribution < -0.4 is 5.32 Å². The second kappa shape index (κ2) is 5.36. The maximum absolute atomic E-state index is 11.5. The molecule has 6 nitrogen and oxygen atoms in total. The average molecular weight is 272 g/mol. The largest absolute Gasteiger partial charge is 0.309 e. The molecule has 0 amide bonds. The smallest absolute Gasteiger partial charge is 0.150 e. The quantitative estimate of drug-likeness (QED) is 0.833. The molecule has 102 valence electrons. The molecule has 0 radical (unpaired) electrons. The fourth-order valence-corrected chi connectivity index (χ4v) is 4.44. The molecule has 1 N–H and O–H groups in total. The maximum atomic E-state index is 11.5. The SMILES string of the molecule is CCNC(CC1CCS(=O)(=O)C1)c1cnnn1C. The van der Waals surface area contributed by atoms with Crippen molar-refractivity contribution >= 4 is 9.84 Å². The van der Waals surface area contributed by atoms with Gasteiger partial charge in [0.15, 0.2) is 9.84 Å². The van der Waals surface area contributed by atoms with Gasteiger partial charge in [-0.1, -0.05) is 12.1 Å². The number of aromatic nitrogens is 3. The lowest BCUT2D eigenvalue weighted by Gasteiger charge is -2.20. The van der Waals surface area contributed by atoms with Gasteiger partial charge in [0.1, 0.15) is 0 Å². The number of aryl methyl sites for hydroxylation is 1. The van der Waals surface area contributed by atoms with Crippen molar-refractivity contribution in [3.8, 4) is 0 Å². The molecule has 7 heteroatoms. The molecule has 1 fully saturated rings. The minimum Gasteiger partial charge on any atom is -0.309 e. The molecule has 1 aliphatic rings. The van der Waals surface area contributed by atoms with Crippen LogP contribution in [0.25, 0.3) is 0 Å². The van der Waals surface area contributed by atoms with Crippen LogP contribution in [0.5, 0.6) is 0 Å². The van der Waals surface area contributed by atoms with E-state index in [2.05, 4.69) is 15.6 Å². The predicted molar refractivity (Wildman–Crippen MR) is 68.8 cm³/mol. The van der Waals surface area contributed by atoms with Crippen molar-refractivity contribution in [1.29, 1.82) is 0 Å². The summed E-state index contributed by atoms with van der Waals surface area (Å²) in [6, 6.07) is 0.133. The van der Waals surface area contributed by atoms with Crippen molar-refractivity contribution in [3.63, 3.8) is 0 Å². The highest BCUT2D eigenvalue weighted by Gasteiger charge is 2.30. The van der Waals surface area contributed by atoms with E-state index in [0.717, 1.165) is 25.1 Å². The van der Waals surface area contributed by atoms with E-state index in [-0.39, 0.29) is 12.0 Å². The number of rotatable bonds is 5. The summed E-state index contributed by atoms with van der Waals surface area (Å²) < 4.78 is 24.7. The standard InChI is InChI=1S/C11H20N4O2S/c1-3-12-10(11-7-13-14-15(11)2)6-9-4-5-18(16,17)8-9/h7,9-10,12H,3-6,8H2,1-2H3. The molecule has 1 aromatic rings. The highest BCUT2D eigenvalue weighted by atomic mass is 32.2. The molecule has 0 aliphatic carbocycles. The van der Waals surface area contributed by atoms with E-state index >= 15 is 0 Å². The van der Waals surface area contributed by atoms with E-state index in [4.69, 9.17) is 0 Å². The molecule has 1 aliphatic heterocycles. The summed E-state index contributed by atoms with van der Waals surface area (Å²) in [6.45, 7) is 2.89. The van der Waals surface area contributed by atoms with E-state index in [9.17, 15) is 8.42 Å². The Morgan fingerprint density at radius 1 is 1.61 bits per heavy atom. The summed E-state index contributed by atoms with van der Waals surface area (Å²) in [6.07, 6.45) is 3.35. The lowest BCUT2D eigenvalue weighted by atomic mass is 9.97. The Bertz CT molecular complexity index is 497. The van der Waals surface area contributed by atoms with E-state index in [1.54, 1.807) is 10.9 Å². The highest BCUT2D eigenvalue weighted by Crippen LogP contribution is 2.28. The summed E-state index contributed by atoms with van der Waals surface area (Å²) in [7, 11) is -0.942. The zero-order valence-corrected chi connectivity index (χ0v) is 11.7. The Labute approximate surface area is 108 Å². The number of hydrogen-bond acceptors (Lipinski definition) is 5. The van der Waals surface area contributed by atoms with Gasteiger partial charge in [-0.25, -0.2) is 8.42 Å². The Hall–Kier alpha value is -0.950. The van der Waals surface area contributed by atoms with Gasteiger partial charge in [-0.3, -0.25) is 4.68 Å². The Morgan fingerprint density at radius 2 is 2.39 bits per heavy atom. The van der Waals surface area contributed by atoms with Crippen LogP contribution in [0.15, 0.2) is 6.20 Å². The van der Waals surface area contributed by atoms with Gasteiger partial charge in [0.2, 0.25) is 0 Å². The van der Waals surface area contributed by atoms with Crippen molar-refractivity contribution in [2.45, 2.75) is 25.8 Å². The second-order valence-corrected chi connectivity index (χ2v) is 7.13. The van der Waals surface area contributed by atoms with Crippen molar-refractivity contribution in [1.82, 2.24) is 20.3 Å². The molecule has 2 atom stereocenters. The molecule has 18 heavy (non-hydrogen) atoms. The number of hydrogen-bond donors (Lipinski definition) is 1. The zero-order valence-electron chi connectivity index (χ0n) is 10.8. The fraction of sp³-hybridized carbons (Fsp3) is 0.818. The average Bonchev–Trinajstić information content (AvgIpc) is 2.84. The van der Waals surface area contributed by atoms with Crippen LogP contribution >= 0.6 is 0 Å². The van der Waals surface area contributed by atoms with Gasteiger partial charge in [0.25, 0.3) is 0 Å². The molecular formula is C11H20N4O2S. The molecule has 0 bridgehead atoms. The third kappa shape index (κ3) is 3.08. The first-order chi connectivity index (χ1) is 8.52. The van der Waals surface area contributed by atoms with Gasteiger partial charge in [0.05, 0.1) is 29.4 Å². The minimum atomic E-state index is -2.80. The molecule has 1 aromatic heterocycles. The monoisotopic (exact) mass is 272 g/mol. The number of nitrogens with zero attached hydrogens (tertiary/aromatic N) is 3. The van der Waals surface area contributed by atoms with Crippen molar-refractivity contribution in [2.75, 3.05) is 18.1 Å².